The van der Waals surface area contributed by atoms with Crippen LogP contribution in [0.25, 0.3) is 0 Å². The van der Waals surface area contributed by atoms with Gasteiger partial charge in [-0.2, -0.15) is 0 Å². The van der Waals surface area contributed by atoms with Gasteiger partial charge >= 0.3 is 6.03 Å². The van der Waals surface area contributed by atoms with Crippen LogP contribution in [0.5, 0.6) is 0 Å². The molecule has 102 valence electrons. The van der Waals surface area contributed by atoms with E-state index in [1.54, 1.807) is 4.90 Å². The van der Waals surface area contributed by atoms with E-state index in [1.807, 2.05) is 6.92 Å². The van der Waals surface area contributed by atoms with Crippen LogP contribution in [0.2, 0.25) is 0 Å². The topological polar surface area (TPSA) is 66.4 Å². The van der Waals surface area contributed by atoms with Crippen LogP contribution in [0.4, 0.5) is 4.79 Å². The van der Waals surface area contributed by atoms with Crippen molar-refractivity contribution in [3.63, 3.8) is 0 Å². The molecule has 0 unspecified atom stereocenters. The Morgan fingerprint density at radius 3 is 2.63 bits per heavy atom. The molecular formula is C11H13BrN4O2S. The third-order valence-corrected chi connectivity index (χ3v) is 4.87. The summed E-state index contributed by atoms with van der Waals surface area (Å²) in [4.78, 5) is 27.7. The first-order valence-corrected chi connectivity index (χ1v) is 7.81. The minimum atomic E-state index is -0.579. The standard InChI is InChI=1S/C11H13BrN4O2S/c1-2-5-15-8(17)11(3-4-11)16(10(15)18)6-7-13-14-9(12)19-7/h2-6H2,1H3. The molecule has 3 amide bonds. The molecule has 0 aromatic carbocycles. The molecule has 6 nitrogen and oxygen atoms in total. The first kappa shape index (κ1) is 13.0. The largest absolute Gasteiger partial charge is 0.328 e. The highest BCUT2D eigenvalue weighted by Crippen LogP contribution is 2.48. The molecule has 2 heterocycles. The van der Waals surface area contributed by atoms with Gasteiger partial charge in [-0.1, -0.05) is 18.3 Å². The average molecular weight is 345 g/mol. The fourth-order valence-electron chi connectivity index (χ4n) is 2.46. The molecule has 1 spiro atoms. The Hall–Kier alpha value is -1.02. The van der Waals surface area contributed by atoms with Gasteiger partial charge in [0.2, 0.25) is 0 Å². The summed E-state index contributed by atoms with van der Waals surface area (Å²) in [6, 6.07) is -0.185. The Kier molecular flexibility index (Phi) is 3.09. The summed E-state index contributed by atoms with van der Waals surface area (Å²) in [5.74, 6) is -0.0390. The van der Waals surface area contributed by atoms with Gasteiger partial charge in [0.25, 0.3) is 5.91 Å². The van der Waals surface area contributed by atoms with Gasteiger partial charge in [-0.05, 0) is 35.2 Å². The Labute approximate surface area is 122 Å². The van der Waals surface area contributed by atoms with E-state index in [2.05, 4.69) is 26.1 Å². The fraction of sp³-hybridized carbons (Fsp3) is 0.636. The van der Waals surface area contributed by atoms with Crippen molar-refractivity contribution in [2.45, 2.75) is 38.3 Å². The van der Waals surface area contributed by atoms with E-state index in [4.69, 9.17) is 0 Å². The summed E-state index contributed by atoms with van der Waals surface area (Å²) in [5.41, 5.74) is -0.579. The van der Waals surface area contributed by atoms with Gasteiger partial charge in [-0.3, -0.25) is 9.69 Å². The highest BCUT2D eigenvalue weighted by atomic mass is 79.9. The number of carbonyl (C=O) groups is 2. The van der Waals surface area contributed by atoms with Gasteiger partial charge in [0.1, 0.15) is 10.5 Å². The van der Waals surface area contributed by atoms with Gasteiger partial charge in [-0.25, -0.2) is 4.79 Å². The van der Waals surface area contributed by atoms with Gasteiger partial charge < -0.3 is 4.90 Å². The zero-order valence-corrected chi connectivity index (χ0v) is 12.8. The van der Waals surface area contributed by atoms with Crippen molar-refractivity contribution in [1.29, 1.82) is 0 Å². The maximum atomic E-state index is 12.3. The number of nitrogens with zero attached hydrogens (tertiary/aromatic N) is 4. The summed E-state index contributed by atoms with van der Waals surface area (Å²) in [6.07, 6.45) is 2.31. The number of imide groups is 1. The number of hydrogen-bond donors (Lipinski definition) is 0. The molecule has 2 aliphatic rings. The van der Waals surface area contributed by atoms with Crippen molar-refractivity contribution < 1.29 is 9.59 Å². The summed E-state index contributed by atoms with van der Waals surface area (Å²) in [6.45, 7) is 2.83. The Morgan fingerprint density at radius 1 is 1.37 bits per heavy atom. The molecule has 1 aromatic heterocycles. The molecule has 19 heavy (non-hydrogen) atoms. The quantitative estimate of drug-likeness (QED) is 0.783. The van der Waals surface area contributed by atoms with Crippen molar-refractivity contribution in [2.75, 3.05) is 6.54 Å². The summed E-state index contributed by atoms with van der Waals surface area (Å²) in [7, 11) is 0. The second kappa shape index (κ2) is 4.52. The van der Waals surface area contributed by atoms with Crippen molar-refractivity contribution in [3.05, 3.63) is 8.92 Å². The van der Waals surface area contributed by atoms with Crippen LogP contribution >= 0.6 is 27.3 Å². The number of aromatic nitrogens is 2. The first-order chi connectivity index (χ1) is 9.08. The Bertz CT molecular complexity index is 543. The second-order valence-electron chi connectivity index (χ2n) is 4.81. The highest BCUT2D eigenvalue weighted by molar-refractivity contribution is 9.11. The molecule has 1 aliphatic carbocycles. The molecule has 3 rings (SSSR count). The van der Waals surface area contributed by atoms with Crippen LogP contribution in [-0.2, 0) is 11.3 Å². The molecule has 1 aliphatic heterocycles. The van der Waals surface area contributed by atoms with E-state index in [9.17, 15) is 9.59 Å². The maximum absolute atomic E-state index is 12.3. The van der Waals surface area contributed by atoms with E-state index < -0.39 is 5.54 Å². The van der Waals surface area contributed by atoms with Gasteiger partial charge in [0.15, 0.2) is 3.92 Å². The molecule has 1 aromatic rings. The third kappa shape index (κ3) is 1.97. The predicted molar refractivity (Wildman–Crippen MR) is 72.5 cm³/mol. The van der Waals surface area contributed by atoms with E-state index in [0.29, 0.717) is 17.0 Å². The maximum Gasteiger partial charge on any atom is 0.328 e. The molecule has 8 heteroatoms. The number of halogens is 1. The number of urea groups is 1. The van der Waals surface area contributed by atoms with Gasteiger partial charge in [0.05, 0.1) is 6.54 Å². The normalized spacial score (nSPS) is 20.7. The Morgan fingerprint density at radius 2 is 2.11 bits per heavy atom. The van der Waals surface area contributed by atoms with E-state index >= 15 is 0 Å². The van der Waals surface area contributed by atoms with E-state index in [0.717, 1.165) is 24.3 Å². The molecular weight excluding hydrogens is 332 g/mol. The van der Waals surface area contributed by atoms with Gasteiger partial charge in [0, 0.05) is 6.54 Å². The minimum Gasteiger partial charge on any atom is -0.303 e. The van der Waals surface area contributed by atoms with E-state index in [1.165, 1.54) is 16.2 Å². The first-order valence-electron chi connectivity index (χ1n) is 6.20. The van der Waals surface area contributed by atoms with Crippen molar-refractivity contribution >= 4 is 39.2 Å². The molecule has 2 fully saturated rings. The molecule has 0 atom stereocenters. The van der Waals surface area contributed by atoms with Crippen LogP contribution in [0, 0.1) is 0 Å². The lowest BCUT2D eigenvalue weighted by Gasteiger charge is -2.19. The van der Waals surface area contributed by atoms with Crippen LogP contribution in [-0.4, -0.2) is 44.0 Å². The monoisotopic (exact) mass is 344 g/mol. The molecule has 1 saturated carbocycles. The SMILES string of the molecule is CCCN1C(=O)N(Cc2nnc(Br)s2)C2(CC2)C1=O. The third-order valence-electron chi connectivity index (χ3n) is 3.53. The Balaban J connectivity index is 1.84. The lowest BCUT2D eigenvalue weighted by Crippen LogP contribution is -2.36. The fourth-order valence-corrected chi connectivity index (χ4v) is 3.65. The number of carbonyl (C=O) groups excluding carboxylic acids is 2. The molecule has 0 N–H and O–H groups in total. The van der Waals surface area contributed by atoms with Crippen LogP contribution in [0.3, 0.4) is 0 Å². The van der Waals surface area contributed by atoms with E-state index in [-0.39, 0.29) is 11.9 Å². The number of rotatable bonds is 4. The highest BCUT2D eigenvalue weighted by Gasteiger charge is 2.64. The van der Waals surface area contributed by atoms with Crippen LogP contribution in [0.1, 0.15) is 31.2 Å². The van der Waals surface area contributed by atoms with Crippen molar-refractivity contribution in [3.8, 4) is 0 Å². The molecule has 1 saturated heterocycles. The van der Waals surface area contributed by atoms with Crippen molar-refractivity contribution in [1.82, 2.24) is 20.0 Å². The lowest BCUT2D eigenvalue weighted by atomic mass is 10.2. The predicted octanol–water partition coefficient (Wildman–Crippen LogP) is 2.01. The van der Waals surface area contributed by atoms with Crippen LogP contribution in [0.15, 0.2) is 3.92 Å². The summed E-state index contributed by atoms with van der Waals surface area (Å²) < 4.78 is 0.690. The zero-order valence-electron chi connectivity index (χ0n) is 10.4. The van der Waals surface area contributed by atoms with Gasteiger partial charge in [-0.15, -0.1) is 10.2 Å². The number of hydrogen-bond acceptors (Lipinski definition) is 5. The summed E-state index contributed by atoms with van der Waals surface area (Å²) in [5, 5.41) is 8.62. The minimum absolute atomic E-state index is 0.0390. The second-order valence-corrected chi connectivity index (χ2v) is 7.14. The smallest absolute Gasteiger partial charge is 0.303 e. The molecule has 0 radical (unpaired) electrons. The molecule has 0 bridgehead atoms. The number of amides is 3. The van der Waals surface area contributed by atoms with Crippen molar-refractivity contribution in [2.24, 2.45) is 0 Å². The van der Waals surface area contributed by atoms with Crippen LogP contribution < -0.4 is 0 Å². The summed E-state index contributed by atoms with van der Waals surface area (Å²) >= 11 is 4.65. The lowest BCUT2D eigenvalue weighted by molar-refractivity contribution is -0.129. The zero-order chi connectivity index (χ0) is 13.6. The average Bonchev–Trinajstić information content (AvgIpc) is 3.05.